The van der Waals surface area contributed by atoms with E-state index in [2.05, 4.69) is 27.2 Å². The molecule has 0 saturated heterocycles. The highest BCUT2D eigenvalue weighted by molar-refractivity contribution is 5.68. The van der Waals surface area contributed by atoms with Gasteiger partial charge in [0, 0.05) is 6.20 Å². The summed E-state index contributed by atoms with van der Waals surface area (Å²) in [4.78, 5) is 14.0. The summed E-state index contributed by atoms with van der Waals surface area (Å²) in [6.07, 6.45) is 3.35. The van der Waals surface area contributed by atoms with Crippen molar-refractivity contribution in [2.75, 3.05) is 7.11 Å². The van der Waals surface area contributed by atoms with E-state index in [9.17, 15) is 0 Å². The Hall–Kier alpha value is -5.05. The molecular weight excluding hydrogens is 466 g/mol. The summed E-state index contributed by atoms with van der Waals surface area (Å²) in [6.45, 7) is 2.00. The first-order chi connectivity index (χ1) is 18.2. The Bertz CT molecular complexity index is 1740. The summed E-state index contributed by atoms with van der Waals surface area (Å²) >= 11 is 0. The molecule has 2 aromatic carbocycles. The fourth-order valence-corrected chi connectivity index (χ4v) is 4.86. The number of fused-ring (bicyclic) bond motifs is 4. The monoisotopic (exact) mass is 487 g/mol. The van der Waals surface area contributed by atoms with Gasteiger partial charge in [-0.25, -0.2) is 19.2 Å². The standard InChI is InChI=1S/C28H21N7O2/c1-17-22-23(18-11-13-20(36-2)14-12-18)24-26-31-25(21-10-6-7-15-29-21)33-34(26)16-30-27(24)37-28(22)35(32-17)19-8-4-3-5-9-19/h3-16,23H,1-2H3/t23-/m1/s1. The lowest BCUT2D eigenvalue weighted by Gasteiger charge is -2.26. The number of pyridine rings is 1. The van der Waals surface area contributed by atoms with Crippen LogP contribution in [0.3, 0.4) is 0 Å². The van der Waals surface area contributed by atoms with E-state index < -0.39 is 0 Å². The Morgan fingerprint density at radius 3 is 2.43 bits per heavy atom. The lowest BCUT2D eigenvalue weighted by Crippen LogP contribution is -2.16. The van der Waals surface area contributed by atoms with Crippen molar-refractivity contribution in [1.82, 2.24) is 34.3 Å². The first kappa shape index (κ1) is 21.3. The van der Waals surface area contributed by atoms with E-state index >= 15 is 0 Å². The van der Waals surface area contributed by atoms with Crippen LogP contribution in [0.1, 0.15) is 28.3 Å². The zero-order valence-electron chi connectivity index (χ0n) is 20.1. The van der Waals surface area contributed by atoms with Gasteiger partial charge in [0.1, 0.15) is 17.8 Å². The average molecular weight is 488 g/mol. The number of hydrogen-bond acceptors (Lipinski definition) is 7. The largest absolute Gasteiger partial charge is 0.497 e. The summed E-state index contributed by atoms with van der Waals surface area (Å²) in [7, 11) is 1.66. The van der Waals surface area contributed by atoms with Gasteiger partial charge in [0.25, 0.3) is 0 Å². The van der Waals surface area contributed by atoms with Gasteiger partial charge >= 0.3 is 0 Å². The van der Waals surface area contributed by atoms with Crippen LogP contribution < -0.4 is 9.47 Å². The third kappa shape index (κ3) is 3.35. The minimum absolute atomic E-state index is 0.237. The number of rotatable bonds is 4. The average Bonchev–Trinajstić information content (AvgIpc) is 3.54. The van der Waals surface area contributed by atoms with E-state index in [0.29, 0.717) is 28.9 Å². The molecule has 0 saturated carbocycles. The van der Waals surface area contributed by atoms with Crippen molar-refractivity contribution in [3.8, 4) is 34.7 Å². The van der Waals surface area contributed by atoms with E-state index in [0.717, 1.165) is 33.8 Å². The smallest absolute Gasteiger partial charge is 0.230 e. The molecule has 180 valence electrons. The van der Waals surface area contributed by atoms with Crippen molar-refractivity contribution >= 4 is 5.65 Å². The van der Waals surface area contributed by atoms with Gasteiger partial charge in [-0.2, -0.15) is 5.10 Å². The van der Waals surface area contributed by atoms with Crippen LogP contribution in [0, 0.1) is 6.92 Å². The molecule has 1 aliphatic heterocycles. The Morgan fingerprint density at radius 2 is 1.68 bits per heavy atom. The number of benzene rings is 2. The quantitative estimate of drug-likeness (QED) is 0.346. The molecule has 0 unspecified atom stereocenters. The van der Waals surface area contributed by atoms with Crippen molar-refractivity contribution in [3.63, 3.8) is 0 Å². The minimum Gasteiger partial charge on any atom is -0.497 e. The van der Waals surface area contributed by atoms with Crippen LogP contribution >= 0.6 is 0 Å². The van der Waals surface area contributed by atoms with E-state index in [-0.39, 0.29) is 5.92 Å². The Morgan fingerprint density at radius 1 is 0.865 bits per heavy atom. The van der Waals surface area contributed by atoms with Gasteiger partial charge in [-0.05, 0) is 48.9 Å². The fraction of sp³-hybridized carbons (Fsp3) is 0.107. The maximum Gasteiger partial charge on any atom is 0.230 e. The first-order valence-corrected chi connectivity index (χ1v) is 11.8. The van der Waals surface area contributed by atoms with Gasteiger partial charge < -0.3 is 9.47 Å². The van der Waals surface area contributed by atoms with Gasteiger partial charge in [-0.1, -0.05) is 36.4 Å². The molecule has 5 heterocycles. The van der Waals surface area contributed by atoms with Crippen molar-refractivity contribution in [2.24, 2.45) is 0 Å². The van der Waals surface area contributed by atoms with E-state index in [1.165, 1.54) is 0 Å². The van der Waals surface area contributed by atoms with Crippen LogP contribution in [-0.4, -0.2) is 41.5 Å². The maximum atomic E-state index is 6.47. The van der Waals surface area contributed by atoms with Crippen molar-refractivity contribution in [1.29, 1.82) is 0 Å². The van der Waals surface area contributed by atoms with Gasteiger partial charge in [-0.15, -0.1) is 5.10 Å². The van der Waals surface area contributed by atoms with Crippen LogP contribution in [0.15, 0.2) is 85.3 Å². The molecule has 0 bridgehead atoms. The highest BCUT2D eigenvalue weighted by Crippen LogP contribution is 2.49. The molecule has 1 atom stereocenters. The molecule has 9 heteroatoms. The minimum atomic E-state index is -0.237. The van der Waals surface area contributed by atoms with E-state index in [1.807, 2.05) is 72.3 Å². The number of para-hydroxylation sites is 1. The molecule has 1 aliphatic rings. The SMILES string of the molecule is COc1ccc([C@@H]2c3c(C)nn(-c4ccccc4)c3Oc3ncn4nc(-c5ccccn5)nc4c32)cc1. The highest BCUT2D eigenvalue weighted by atomic mass is 16.5. The number of hydrogen-bond donors (Lipinski definition) is 0. The molecule has 4 aromatic heterocycles. The second-order valence-corrected chi connectivity index (χ2v) is 8.74. The molecule has 0 N–H and O–H groups in total. The summed E-state index contributed by atoms with van der Waals surface area (Å²) < 4.78 is 15.4. The van der Waals surface area contributed by atoms with Crippen molar-refractivity contribution in [3.05, 3.63) is 108 Å². The molecule has 0 amide bonds. The summed E-state index contributed by atoms with van der Waals surface area (Å²) in [5.41, 5.74) is 5.93. The summed E-state index contributed by atoms with van der Waals surface area (Å²) in [5, 5.41) is 9.54. The molecule has 6 aromatic rings. The van der Waals surface area contributed by atoms with Crippen LogP contribution in [0.4, 0.5) is 0 Å². The zero-order chi connectivity index (χ0) is 24.9. The third-order valence-corrected chi connectivity index (χ3v) is 6.56. The molecule has 0 fully saturated rings. The normalized spacial score (nSPS) is 14.2. The lowest BCUT2D eigenvalue weighted by atomic mass is 9.84. The molecule has 37 heavy (non-hydrogen) atoms. The summed E-state index contributed by atoms with van der Waals surface area (Å²) in [5.74, 6) is 2.17. The number of aryl methyl sites for hydroxylation is 1. The second-order valence-electron chi connectivity index (χ2n) is 8.74. The first-order valence-electron chi connectivity index (χ1n) is 11.8. The van der Waals surface area contributed by atoms with E-state index in [4.69, 9.17) is 19.6 Å². The molecule has 7 rings (SSSR count). The van der Waals surface area contributed by atoms with E-state index in [1.54, 1.807) is 24.1 Å². The summed E-state index contributed by atoms with van der Waals surface area (Å²) in [6, 6.07) is 23.6. The molecule has 0 aliphatic carbocycles. The zero-order valence-corrected chi connectivity index (χ0v) is 20.1. The maximum absolute atomic E-state index is 6.47. The Labute approximate surface area is 212 Å². The van der Waals surface area contributed by atoms with Crippen LogP contribution in [0.2, 0.25) is 0 Å². The van der Waals surface area contributed by atoms with Crippen LogP contribution in [0.25, 0.3) is 22.9 Å². The predicted octanol–water partition coefficient (Wildman–Crippen LogP) is 4.97. The number of nitrogens with zero attached hydrogens (tertiary/aromatic N) is 7. The molecule has 0 spiro atoms. The van der Waals surface area contributed by atoms with Crippen molar-refractivity contribution < 1.29 is 9.47 Å². The molecule has 9 nitrogen and oxygen atoms in total. The lowest BCUT2D eigenvalue weighted by molar-refractivity contribution is 0.402. The van der Waals surface area contributed by atoms with Gasteiger partial charge in [0.05, 0.1) is 35.5 Å². The van der Waals surface area contributed by atoms with Crippen LogP contribution in [-0.2, 0) is 0 Å². The Balaban J connectivity index is 1.49. The third-order valence-electron chi connectivity index (χ3n) is 6.56. The van der Waals surface area contributed by atoms with Gasteiger partial charge in [-0.3, -0.25) is 4.98 Å². The Kier molecular flexibility index (Phi) is 4.75. The fourth-order valence-electron chi connectivity index (χ4n) is 4.86. The second kappa shape index (κ2) is 8.27. The molecule has 0 radical (unpaired) electrons. The van der Waals surface area contributed by atoms with Gasteiger partial charge in [0.15, 0.2) is 5.65 Å². The number of ether oxygens (including phenoxy) is 2. The van der Waals surface area contributed by atoms with Gasteiger partial charge in [0.2, 0.25) is 17.6 Å². The molecular formula is C28H21N7O2. The number of methoxy groups -OCH3 is 1. The highest BCUT2D eigenvalue weighted by Gasteiger charge is 2.38. The predicted molar refractivity (Wildman–Crippen MR) is 136 cm³/mol. The van der Waals surface area contributed by atoms with Crippen molar-refractivity contribution in [2.45, 2.75) is 12.8 Å². The topological polar surface area (TPSA) is 92.2 Å². The number of aromatic nitrogens is 7. The van der Waals surface area contributed by atoms with Crippen LogP contribution in [0.5, 0.6) is 17.5 Å².